The van der Waals surface area contributed by atoms with Gasteiger partial charge in [0, 0.05) is 24.4 Å². The third-order valence-electron chi connectivity index (χ3n) is 3.29. The Morgan fingerprint density at radius 2 is 1.96 bits per heavy atom. The molecule has 0 aliphatic heterocycles. The second-order valence-corrected chi connectivity index (χ2v) is 5.81. The summed E-state index contributed by atoms with van der Waals surface area (Å²) < 4.78 is 5.35. The molecule has 1 amide bonds. The summed E-state index contributed by atoms with van der Waals surface area (Å²) in [7, 11) is 0. The van der Waals surface area contributed by atoms with E-state index in [1.807, 2.05) is 19.2 Å². The SMILES string of the molecule is CCOc1ccc(C(=O)/C=C/c2csc(N(CC)C(C)=O)n2)cc1. The van der Waals surface area contributed by atoms with Crippen LogP contribution in [0.25, 0.3) is 6.08 Å². The van der Waals surface area contributed by atoms with Gasteiger partial charge in [-0.2, -0.15) is 0 Å². The molecule has 2 rings (SSSR count). The van der Waals surface area contributed by atoms with E-state index in [4.69, 9.17) is 4.74 Å². The molecular weight excluding hydrogens is 324 g/mol. The second-order valence-electron chi connectivity index (χ2n) is 4.97. The lowest BCUT2D eigenvalue weighted by Gasteiger charge is -2.14. The van der Waals surface area contributed by atoms with E-state index in [1.54, 1.807) is 35.2 Å². The second kappa shape index (κ2) is 8.40. The van der Waals surface area contributed by atoms with Gasteiger partial charge in [-0.25, -0.2) is 4.98 Å². The highest BCUT2D eigenvalue weighted by Crippen LogP contribution is 2.21. The topological polar surface area (TPSA) is 59.5 Å². The minimum atomic E-state index is -0.105. The molecule has 1 heterocycles. The minimum absolute atomic E-state index is 0.0483. The molecule has 0 fully saturated rings. The Morgan fingerprint density at radius 1 is 1.25 bits per heavy atom. The van der Waals surface area contributed by atoms with Crippen molar-refractivity contribution in [2.75, 3.05) is 18.1 Å². The van der Waals surface area contributed by atoms with Gasteiger partial charge in [0.25, 0.3) is 0 Å². The van der Waals surface area contributed by atoms with Crippen LogP contribution in [0, 0.1) is 0 Å². The number of nitrogens with zero attached hydrogens (tertiary/aromatic N) is 2. The average Bonchev–Trinajstić information content (AvgIpc) is 3.02. The summed E-state index contributed by atoms with van der Waals surface area (Å²) in [5.74, 6) is 0.588. The fraction of sp³-hybridized carbons (Fsp3) is 0.278. The summed E-state index contributed by atoms with van der Waals surface area (Å²) in [6.07, 6.45) is 3.14. The van der Waals surface area contributed by atoms with Crippen molar-refractivity contribution in [3.05, 3.63) is 47.0 Å². The molecule has 0 saturated carbocycles. The molecule has 0 atom stereocenters. The maximum absolute atomic E-state index is 12.2. The molecule has 24 heavy (non-hydrogen) atoms. The number of ether oxygens (including phenoxy) is 1. The van der Waals surface area contributed by atoms with Crippen molar-refractivity contribution in [2.24, 2.45) is 0 Å². The molecule has 0 aliphatic rings. The molecule has 0 saturated heterocycles. The van der Waals surface area contributed by atoms with Gasteiger partial charge in [-0.1, -0.05) is 0 Å². The molecule has 0 unspecified atom stereocenters. The maximum Gasteiger partial charge on any atom is 0.225 e. The van der Waals surface area contributed by atoms with Crippen LogP contribution >= 0.6 is 11.3 Å². The standard InChI is InChI=1S/C18H20N2O3S/c1-4-20(13(3)21)18-19-15(12-24-18)8-11-17(22)14-6-9-16(10-7-14)23-5-2/h6-12H,4-5H2,1-3H3/b11-8+. The predicted octanol–water partition coefficient (Wildman–Crippen LogP) is 3.81. The number of amides is 1. The molecular formula is C18H20N2O3S. The van der Waals surface area contributed by atoms with Crippen LogP contribution in [0.1, 0.15) is 36.8 Å². The normalized spacial score (nSPS) is 10.8. The largest absolute Gasteiger partial charge is 0.494 e. The molecule has 5 nitrogen and oxygen atoms in total. The number of hydrogen-bond acceptors (Lipinski definition) is 5. The van der Waals surface area contributed by atoms with E-state index >= 15 is 0 Å². The van der Waals surface area contributed by atoms with Crippen molar-refractivity contribution >= 4 is 34.2 Å². The van der Waals surface area contributed by atoms with Gasteiger partial charge in [-0.15, -0.1) is 11.3 Å². The lowest BCUT2D eigenvalue weighted by molar-refractivity contribution is -0.116. The lowest BCUT2D eigenvalue weighted by Crippen LogP contribution is -2.27. The highest BCUT2D eigenvalue weighted by molar-refractivity contribution is 7.14. The highest BCUT2D eigenvalue weighted by atomic mass is 32.1. The summed E-state index contributed by atoms with van der Waals surface area (Å²) in [4.78, 5) is 29.7. The Morgan fingerprint density at radius 3 is 2.54 bits per heavy atom. The number of carbonyl (C=O) groups is 2. The minimum Gasteiger partial charge on any atom is -0.494 e. The Bertz CT molecular complexity index is 735. The zero-order valence-corrected chi connectivity index (χ0v) is 14.8. The van der Waals surface area contributed by atoms with Crippen molar-refractivity contribution in [1.82, 2.24) is 4.98 Å². The van der Waals surface area contributed by atoms with E-state index < -0.39 is 0 Å². The number of rotatable bonds is 7. The zero-order chi connectivity index (χ0) is 17.5. The van der Waals surface area contributed by atoms with Crippen LogP contribution in [-0.2, 0) is 4.79 Å². The molecule has 6 heteroatoms. The highest BCUT2D eigenvalue weighted by Gasteiger charge is 2.12. The monoisotopic (exact) mass is 344 g/mol. The number of thiazole rings is 1. The molecule has 1 aromatic heterocycles. The number of benzene rings is 1. The Hall–Kier alpha value is -2.47. The van der Waals surface area contributed by atoms with Crippen molar-refractivity contribution < 1.29 is 14.3 Å². The summed E-state index contributed by atoms with van der Waals surface area (Å²) in [5.41, 5.74) is 1.25. The first kappa shape index (κ1) is 17.9. The third kappa shape index (κ3) is 4.52. The van der Waals surface area contributed by atoms with E-state index in [0.717, 1.165) is 5.75 Å². The van der Waals surface area contributed by atoms with Crippen molar-refractivity contribution in [1.29, 1.82) is 0 Å². The predicted molar refractivity (Wildman–Crippen MR) is 96.8 cm³/mol. The first-order valence-electron chi connectivity index (χ1n) is 7.74. The van der Waals surface area contributed by atoms with Gasteiger partial charge >= 0.3 is 0 Å². The molecule has 0 N–H and O–H groups in total. The van der Waals surface area contributed by atoms with E-state index in [1.165, 1.54) is 24.3 Å². The number of anilines is 1. The smallest absolute Gasteiger partial charge is 0.225 e. The average molecular weight is 344 g/mol. The fourth-order valence-electron chi connectivity index (χ4n) is 2.11. The fourth-order valence-corrected chi connectivity index (χ4v) is 3.01. The molecule has 2 aromatic rings. The first-order valence-corrected chi connectivity index (χ1v) is 8.62. The van der Waals surface area contributed by atoms with E-state index in [0.29, 0.717) is 29.5 Å². The Labute approximate surface area is 145 Å². The number of aromatic nitrogens is 1. The molecule has 0 spiro atoms. The Balaban J connectivity index is 2.06. The molecule has 0 aliphatic carbocycles. The zero-order valence-electron chi connectivity index (χ0n) is 14.0. The van der Waals surface area contributed by atoms with Gasteiger partial charge in [-0.05, 0) is 50.3 Å². The van der Waals surface area contributed by atoms with Crippen molar-refractivity contribution in [3.8, 4) is 5.75 Å². The van der Waals surface area contributed by atoms with Crippen LogP contribution in [0.4, 0.5) is 5.13 Å². The first-order chi connectivity index (χ1) is 11.5. The van der Waals surface area contributed by atoms with E-state index in [-0.39, 0.29) is 11.7 Å². The summed E-state index contributed by atoms with van der Waals surface area (Å²) in [5, 5.41) is 2.46. The van der Waals surface area contributed by atoms with Crippen molar-refractivity contribution in [2.45, 2.75) is 20.8 Å². The summed E-state index contributed by atoms with van der Waals surface area (Å²) in [6, 6.07) is 7.02. The summed E-state index contributed by atoms with van der Waals surface area (Å²) >= 11 is 1.38. The summed E-state index contributed by atoms with van der Waals surface area (Å²) in [6.45, 7) is 6.48. The molecule has 126 valence electrons. The van der Waals surface area contributed by atoms with Gasteiger partial charge in [0.15, 0.2) is 10.9 Å². The number of carbonyl (C=O) groups excluding carboxylic acids is 2. The quantitative estimate of drug-likeness (QED) is 0.566. The number of allylic oxidation sites excluding steroid dienone is 1. The van der Waals surface area contributed by atoms with Crippen LogP contribution in [0.3, 0.4) is 0 Å². The lowest BCUT2D eigenvalue weighted by atomic mass is 10.1. The van der Waals surface area contributed by atoms with Crippen LogP contribution in [0.15, 0.2) is 35.7 Å². The van der Waals surface area contributed by atoms with Gasteiger partial charge in [0.05, 0.1) is 12.3 Å². The van der Waals surface area contributed by atoms with Gasteiger partial charge in [0.1, 0.15) is 5.75 Å². The van der Waals surface area contributed by atoms with Crippen molar-refractivity contribution in [3.63, 3.8) is 0 Å². The molecule has 0 bridgehead atoms. The van der Waals surface area contributed by atoms with E-state index in [9.17, 15) is 9.59 Å². The van der Waals surface area contributed by atoms with Crippen LogP contribution in [-0.4, -0.2) is 29.8 Å². The molecule has 1 aromatic carbocycles. The third-order valence-corrected chi connectivity index (χ3v) is 4.17. The van der Waals surface area contributed by atoms with E-state index in [2.05, 4.69) is 4.98 Å². The van der Waals surface area contributed by atoms with Gasteiger partial charge in [0.2, 0.25) is 5.91 Å². The van der Waals surface area contributed by atoms with Crippen LogP contribution in [0.5, 0.6) is 5.75 Å². The number of hydrogen-bond donors (Lipinski definition) is 0. The van der Waals surface area contributed by atoms with Crippen LogP contribution < -0.4 is 9.64 Å². The number of ketones is 1. The molecule has 0 radical (unpaired) electrons. The maximum atomic E-state index is 12.2. The van der Waals surface area contributed by atoms with Crippen LogP contribution in [0.2, 0.25) is 0 Å². The van der Waals surface area contributed by atoms with Gasteiger partial charge in [-0.3, -0.25) is 14.5 Å². The Kier molecular flexibility index (Phi) is 6.26. The van der Waals surface area contributed by atoms with Gasteiger partial charge < -0.3 is 4.74 Å².